The molecule has 0 fully saturated rings. The van der Waals surface area contributed by atoms with Gasteiger partial charge in [0.15, 0.2) is 11.9 Å². The number of esters is 1. The lowest BCUT2D eigenvalue weighted by Crippen LogP contribution is -2.30. The number of benzene rings is 2. The van der Waals surface area contributed by atoms with E-state index in [1.54, 1.807) is 42.5 Å². The molecule has 0 aliphatic heterocycles. The maximum absolute atomic E-state index is 12.3. The van der Waals surface area contributed by atoms with Crippen molar-refractivity contribution >= 4 is 29.4 Å². The summed E-state index contributed by atoms with van der Waals surface area (Å²) in [5, 5.41) is 2.61. The number of ketones is 1. The second-order valence-electron chi connectivity index (χ2n) is 6.01. The van der Waals surface area contributed by atoms with Crippen LogP contribution in [0.4, 0.5) is 5.69 Å². The maximum atomic E-state index is 12.3. The van der Waals surface area contributed by atoms with Crippen molar-refractivity contribution in [1.82, 2.24) is 0 Å². The fourth-order valence-electron chi connectivity index (χ4n) is 2.41. The van der Waals surface area contributed by atoms with Crippen LogP contribution in [0.1, 0.15) is 36.7 Å². The van der Waals surface area contributed by atoms with Gasteiger partial charge in [0.05, 0.1) is 12.3 Å². The largest absolute Gasteiger partial charge is 0.494 e. The van der Waals surface area contributed by atoms with Crippen LogP contribution in [0.3, 0.4) is 0 Å². The van der Waals surface area contributed by atoms with E-state index in [1.807, 2.05) is 19.1 Å². The lowest BCUT2D eigenvalue weighted by molar-refractivity contribution is -0.148. The molecule has 1 N–H and O–H groups in total. The molecule has 0 spiro atoms. The molecule has 0 heterocycles. The van der Waals surface area contributed by atoms with Gasteiger partial charge in [-0.15, -0.1) is 0 Å². The van der Waals surface area contributed by atoms with Gasteiger partial charge in [0.1, 0.15) is 5.75 Å². The van der Waals surface area contributed by atoms with Gasteiger partial charge in [-0.25, -0.2) is 4.79 Å². The molecular formula is C22H23NO5. The van der Waals surface area contributed by atoms with E-state index < -0.39 is 18.0 Å². The Labute approximate surface area is 164 Å². The quantitative estimate of drug-likeness (QED) is 0.426. The zero-order chi connectivity index (χ0) is 20.5. The molecule has 0 aromatic heterocycles. The van der Waals surface area contributed by atoms with Crippen molar-refractivity contribution in [1.29, 1.82) is 0 Å². The third-order valence-electron chi connectivity index (χ3n) is 3.83. The van der Waals surface area contributed by atoms with Crippen LogP contribution in [-0.4, -0.2) is 30.4 Å². The van der Waals surface area contributed by atoms with Crippen LogP contribution in [0.2, 0.25) is 0 Å². The van der Waals surface area contributed by atoms with Crippen LogP contribution in [0, 0.1) is 0 Å². The molecule has 0 unspecified atom stereocenters. The SMILES string of the molecule is CCOc1ccc(/C=C/C(=O)O[C@@H](C)C(=O)Nc2ccccc2C(C)=O)cc1. The van der Waals surface area contributed by atoms with Gasteiger partial charge in [-0.2, -0.15) is 0 Å². The standard InChI is InChI=1S/C22H23NO5/c1-4-27-18-12-9-17(10-13-18)11-14-21(25)28-16(3)22(26)23-20-8-6-5-7-19(20)15(2)24/h5-14,16H,4H2,1-3H3,(H,23,26)/b14-11+/t16-/m0/s1. The summed E-state index contributed by atoms with van der Waals surface area (Å²) in [5.74, 6) is -0.579. The highest BCUT2D eigenvalue weighted by molar-refractivity contribution is 6.05. The Morgan fingerprint density at radius 3 is 2.39 bits per heavy atom. The van der Waals surface area contributed by atoms with E-state index in [0.29, 0.717) is 17.9 Å². The van der Waals surface area contributed by atoms with Crippen molar-refractivity contribution < 1.29 is 23.9 Å². The highest BCUT2D eigenvalue weighted by Crippen LogP contribution is 2.16. The molecule has 6 nitrogen and oxygen atoms in total. The van der Waals surface area contributed by atoms with Crippen molar-refractivity contribution in [3.05, 3.63) is 65.7 Å². The lowest BCUT2D eigenvalue weighted by Gasteiger charge is -2.14. The average Bonchev–Trinajstić information content (AvgIpc) is 2.68. The summed E-state index contributed by atoms with van der Waals surface area (Å²) in [4.78, 5) is 35.8. The molecule has 0 bridgehead atoms. The minimum atomic E-state index is -1.02. The number of ether oxygens (including phenoxy) is 2. The normalized spacial score (nSPS) is 11.7. The summed E-state index contributed by atoms with van der Waals surface area (Å²) in [5.41, 5.74) is 1.57. The molecule has 2 aromatic rings. The van der Waals surface area contributed by atoms with Crippen LogP contribution in [-0.2, 0) is 14.3 Å². The molecule has 2 aromatic carbocycles. The van der Waals surface area contributed by atoms with Crippen molar-refractivity contribution in [2.24, 2.45) is 0 Å². The zero-order valence-electron chi connectivity index (χ0n) is 16.1. The molecule has 0 aliphatic carbocycles. The number of amides is 1. The third-order valence-corrected chi connectivity index (χ3v) is 3.83. The summed E-state index contributed by atoms with van der Waals surface area (Å²) in [6.07, 6.45) is 1.83. The van der Waals surface area contributed by atoms with Gasteiger partial charge in [-0.1, -0.05) is 24.3 Å². The minimum Gasteiger partial charge on any atom is -0.494 e. The van der Waals surface area contributed by atoms with Crippen molar-refractivity contribution in [2.45, 2.75) is 26.9 Å². The first-order chi connectivity index (χ1) is 13.4. The number of para-hydroxylation sites is 1. The smallest absolute Gasteiger partial charge is 0.331 e. The molecule has 0 aliphatic rings. The molecule has 0 radical (unpaired) electrons. The van der Waals surface area contributed by atoms with Gasteiger partial charge in [0, 0.05) is 11.6 Å². The van der Waals surface area contributed by atoms with Crippen molar-refractivity contribution in [3.63, 3.8) is 0 Å². The molecule has 0 saturated carbocycles. The fourth-order valence-corrected chi connectivity index (χ4v) is 2.41. The number of hydrogen-bond donors (Lipinski definition) is 1. The predicted octanol–water partition coefficient (Wildman–Crippen LogP) is 3.87. The monoisotopic (exact) mass is 381 g/mol. The second-order valence-corrected chi connectivity index (χ2v) is 6.01. The third kappa shape index (κ3) is 6.09. The van der Waals surface area contributed by atoms with Gasteiger partial charge < -0.3 is 14.8 Å². The zero-order valence-corrected chi connectivity index (χ0v) is 16.1. The van der Waals surface area contributed by atoms with E-state index in [-0.39, 0.29) is 5.78 Å². The van der Waals surface area contributed by atoms with Crippen LogP contribution in [0.15, 0.2) is 54.6 Å². The Bertz CT molecular complexity index is 871. The summed E-state index contributed by atoms with van der Waals surface area (Å²) < 4.78 is 10.5. The van der Waals surface area contributed by atoms with E-state index >= 15 is 0 Å². The summed E-state index contributed by atoms with van der Waals surface area (Å²) in [7, 11) is 0. The summed E-state index contributed by atoms with van der Waals surface area (Å²) in [6.45, 7) is 5.37. The topological polar surface area (TPSA) is 81.7 Å². The number of nitrogens with one attached hydrogen (secondary N) is 1. The highest BCUT2D eigenvalue weighted by Gasteiger charge is 2.18. The van der Waals surface area contributed by atoms with Gasteiger partial charge in [-0.3, -0.25) is 9.59 Å². The van der Waals surface area contributed by atoms with Crippen LogP contribution >= 0.6 is 0 Å². The van der Waals surface area contributed by atoms with Gasteiger partial charge in [0.25, 0.3) is 5.91 Å². The van der Waals surface area contributed by atoms with Crippen LogP contribution in [0.5, 0.6) is 5.75 Å². The number of hydrogen-bond acceptors (Lipinski definition) is 5. The van der Waals surface area contributed by atoms with Crippen molar-refractivity contribution in [2.75, 3.05) is 11.9 Å². The highest BCUT2D eigenvalue weighted by atomic mass is 16.5. The maximum Gasteiger partial charge on any atom is 0.331 e. The Morgan fingerprint density at radius 2 is 1.75 bits per heavy atom. The first-order valence-corrected chi connectivity index (χ1v) is 8.93. The van der Waals surface area contributed by atoms with E-state index in [9.17, 15) is 14.4 Å². The van der Waals surface area contributed by atoms with Crippen LogP contribution < -0.4 is 10.1 Å². The molecule has 2 rings (SSSR count). The molecule has 28 heavy (non-hydrogen) atoms. The Kier molecular flexibility index (Phi) is 7.51. The number of Topliss-reactive ketones (excluding diaryl/α,β-unsaturated/α-hetero) is 1. The van der Waals surface area contributed by atoms with E-state index in [4.69, 9.17) is 9.47 Å². The Hall–Kier alpha value is -3.41. The molecular weight excluding hydrogens is 358 g/mol. The fraction of sp³-hybridized carbons (Fsp3) is 0.227. The Balaban J connectivity index is 1.92. The minimum absolute atomic E-state index is 0.168. The van der Waals surface area contributed by atoms with E-state index in [1.165, 1.54) is 19.9 Å². The van der Waals surface area contributed by atoms with E-state index in [0.717, 1.165) is 11.3 Å². The molecule has 6 heteroatoms. The molecule has 0 saturated heterocycles. The first-order valence-electron chi connectivity index (χ1n) is 8.93. The predicted molar refractivity (Wildman–Crippen MR) is 107 cm³/mol. The lowest BCUT2D eigenvalue weighted by atomic mass is 10.1. The summed E-state index contributed by atoms with van der Waals surface area (Å²) >= 11 is 0. The number of carbonyl (C=O) groups is 3. The number of rotatable bonds is 8. The second kappa shape index (κ2) is 10.1. The Morgan fingerprint density at radius 1 is 1.07 bits per heavy atom. The summed E-state index contributed by atoms with van der Waals surface area (Å²) in [6, 6.07) is 13.9. The average molecular weight is 381 g/mol. The van der Waals surface area contributed by atoms with E-state index in [2.05, 4.69) is 5.32 Å². The number of carbonyl (C=O) groups excluding carboxylic acids is 3. The van der Waals surface area contributed by atoms with Crippen LogP contribution in [0.25, 0.3) is 6.08 Å². The molecule has 146 valence electrons. The first kappa shape index (κ1) is 20.9. The van der Waals surface area contributed by atoms with Gasteiger partial charge in [0.2, 0.25) is 0 Å². The van der Waals surface area contributed by atoms with Gasteiger partial charge in [-0.05, 0) is 56.7 Å². The molecule has 1 amide bonds. The molecule has 1 atom stereocenters. The number of anilines is 1. The van der Waals surface area contributed by atoms with Crippen molar-refractivity contribution in [3.8, 4) is 5.75 Å². The van der Waals surface area contributed by atoms with Gasteiger partial charge >= 0.3 is 5.97 Å².